The van der Waals surface area contributed by atoms with E-state index in [1.54, 1.807) is 18.2 Å². The number of aromatic nitrogens is 1. The summed E-state index contributed by atoms with van der Waals surface area (Å²) in [7, 11) is 0. The monoisotopic (exact) mass is 364 g/mol. The van der Waals surface area contributed by atoms with E-state index in [0.717, 1.165) is 0 Å². The summed E-state index contributed by atoms with van der Waals surface area (Å²) in [4.78, 5) is 40.1. The Bertz CT molecular complexity index is 762. The minimum absolute atomic E-state index is 0.0455. The third-order valence-corrected chi connectivity index (χ3v) is 4.59. The molecule has 1 aromatic heterocycles. The first-order chi connectivity index (χ1) is 12.1. The Kier molecular flexibility index (Phi) is 5.17. The van der Waals surface area contributed by atoms with Crippen molar-refractivity contribution in [3.05, 3.63) is 29.2 Å². The van der Waals surface area contributed by atoms with Crippen molar-refractivity contribution in [2.45, 2.75) is 24.9 Å². The molecular formula is C15H16N4O5S. The predicted octanol–water partition coefficient (Wildman–Crippen LogP) is 2.10. The van der Waals surface area contributed by atoms with Crippen molar-refractivity contribution >= 4 is 40.9 Å². The van der Waals surface area contributed by atoms with Crippen LogP contribution in [-0.2, 0) is 9.59 Å². The first kappa shape index (κ1) is 17.2. The second kappa shape index (κ2) is 7.51. The van der Waals surface area contributed by atoms with Gasteiger partial charge in [0.25, 0.3) is 6.01 Å². The van der Waals surface area contributed by atoms with Gasteiger partial charge in [0.2, 0.25) is 5.91 Å². The fourth-order valence-electron chi connectivity index (χ4n) is 2.85. The van der Waals surface area contributed by atoms with Gasteiger partial charge in [-0.05, 0) is 25.0 Å². The van der Waals surface area contributed by atoms with Crippen molar-refractivity contribution in [3.8, 4) is 0 Å². The van der Waals surface area contributed by atoms with E-state index in [4.69, 9.17) is 4.42 Å². The van der Waals surface area contributed by atoms with Crippen molar-refractivity contribution in [3.63, 3.8) is 0 Å². The summed E-state index contributed by atoms with van der Waals surface area (Å²) in [5.41, 5.74) is 1.18. The number of nitrogens with one attached hydrogen (secondary N) is 1. The normalized spacial score (nSPS) is 18.2. The summed E-state index contributed by atoms with van der Waals surface area (Å²) < 4.78 is 8.25. The lowest BCUT2D eigenvalue weighted by Crippen LogP contribution is -2.48. The number of carbonyl (C=O) groups excluding carboxylic acids is 1. The number of carboxylic acid groups (broad SMARTS) is 1. The molecule has 1 aliphatic heterocycles. The maximum atomic E-state index is 12.8. The fraction of sp³-hybridized carbons (Fsp3) is 0.400. The van der Waals surface area contributed by atoms with Crippen LogP contribution in [0.1, 0.15) is 12.8 Å². The standard InChI is InChI=1S/C15H16N4O5S/c20-13(19-7-3-5-11(19)14(21)22)10(8-25-18-23)17-15-16-9-4-1-2-6-12(9)24-15/h1-2,4,6,10-11H,3,5,7-8H2,(H,16,17)(H,21,22)/t10-,11?/m1/s1. The molecule has 25 heavy (non-hydrogen) atoms. The number of amides is 1. The highest BCUT2D eigenvalue weighted by atomic mass is 32.2. The van der Waals surface area contributed by atoms with Crippen LogP contribution in [0, 0.1) is 4.91 Å². The van der Waals surface area contributed by atoms with E-state index in [-0.39, 0.29) is 11.8 Å². The minimum Gasteiger partial charge on any atom is -0.480 e. The zero-order valence-electron chi connectivity index (χ0n) is 13.1. The Labute approximate surface area is 146 Å². The van der Waals surface area contributed by atoms with Crippen molar-refractivity contribution in [1.29, 1.82) is 0 Å². The van der Waals surface area contributed by atoms with Gasteiger partial charge < -0.3 is 19.7 Å². The topological polar surface area (TPSA) is 125 Å². The van der Waals surface area contributed by atoms with E-state index in [9.17, 15) is 19.6 Å². The summed E-state index contributed by atoms with van der Waals surface area (Å²) in [6, 6.07) is 5.54. The van der Waals surface area contributed by atoms with Crippen LogP contribution in [0.4, 0.5) is 6.01 Å². The zero-order valence-corrected chi connectivity index (χ0v) is 13.9. The molecule has 0 saturated carbocycles. The van der Waals surface area contributed by atoms with Crippen LogP contribution in [-0.4, -0.2) is 51.2 Å². The number of likely N-dealkylation sites (tertiary alicyclic amines) is 1. The molecule has 1 saturated heterocycles. The summed E-state index contributed by atoms with van der Waals surface area (Å²) >= 11 is 0.682. The lowest BCUT2D eigenvalue weighted by molar-refractivity contribution is -0.148. The quantitative estimate of drug-likeness (QED) is 0.565. The van der Waals surface area contributed by atoms with Crippen LogP contribution in [0.15, 0.2) is 33.3 Å². The second-order valence-electron chi connectivity index (χ2n) is 5.58. The molecule has 0 radical (unpaired) electrons. The summed E-state index contributed by atoms with van der Waals surface area (Å²) in [5.74, 6) is -1.40. The first-order valence-corrected chi connectivity index (χ1v) is 8.64. The van der Waals surface area contributed by atoms with Crippen LogP contribution in [0.25, 0.3) is 11.1 Å². The van der Waals surface area contributed by atoms with Gasteiger partial charge in [-0.2, -0.15) is 4.98 Å². The van der Waals surface area contributed by atoms with E-state index in [1.807, 2.05) is 6.07 Å². The van der Waals surface area contributed by atoms with E-state index >= 15 is 0 Å². The molecule has 2 atom stereocenters. The number of hydrogen-bond donors (Lipinski definition) is 2. The molecule has 1 unspecified atom stereocenters. The van der Waals surface area contributed by atoms with Gasteiger partial charge in [-0.15, -0.1) is 4.91 Å². The maximum Gasteiger partial charge on any atom is 0.326 e. The highest BCUT2D eigenvalue weighted by molar-refractivity contribution is 7.97. The number of benzene rings is 1. The lowest BCUT2D eigenvalue weighted by Gasteiger charge is -2.26. The van der Waals surface area contributed by atoms with Gasteiger partial charge in [0, 0.05) is 28.8 Å². The summed E-state index contributed by atoms with van der Waals surface area (Å²) in [6.45, 7) is 0.362. The number of rotatable bonds is 7. The largest absolute Gasteiger partial charge is 0.480 e. The number of nitrogens with zero attached hydrogens (tertiary/aromatic N) is 3. The second-order valence-corrected chi connectivity index (χ2v) is 6.32. The Hall–Kier alpha value is -2.62. The van der Waals surface area contributed by atoms with Crippen molar-refractivity contribution in [2.24, 2.45) is 4.58 Å². The molecule has 1 aromatic carbocycles. The van der Waals surface area contributed by atoms with Crippen molar-refractivity contribution < 1.29 is 19.1 Å². The van der Waals surface area contributed by atoms with Crippen LogP contribution in [0.2, 0.25) is 0 Å². The van der Waals surface area contributed by atoms with Gasteiger partial charge in [0.15, 0.2) is 5.58 Å². The number of anilines is 1. The van der Waals surface area contributed by atoms with Crippen LogP contribution >= 0.6 is 11.9 Å². The number of nitroso groups, excluding NO2 is 1. The minimum atomic E-state index is -1.03. The van der Waals surface area contributed by atoms with Crippen molar-refractivity contribution in [2.75, 3.05) is 17.6 Å². The first-order valence-electron chi connectivity index (χ1n) is 7.70. The molecule has 0 bridgehead atoms. The molecule has 1 aliphatic rings. The number of carbonyl (C=O) groups is 2. The third kappa shape index (κ3) is 3.73. The Morgan fingerprint density at radius 2 is 2.28 bits per heavy atom. The highest BCUT2D eigenvalue weighted by Gasteiger charge is 2.37. The van der Waals surface area contributed by atoms with E-state index in [0.29, 0.717) is 42.4 Å². The Morgan fingerprint density at radius 3 is 3.00 bits per heavy atom. The average molecular weight is 364 g/mol. The molecule has 9 nitrogen and oxygen atoms in total. The molecule has 0 spiro atoms. The highest BCUT2D eigenvalue weighted by Crippen LogP contribution is 2.23. The van der Waals surface area contributed by atoms with Gasteiger partial charge in [0.05, 0.1) is 0 Å². The van der Waals surface area contributed by atoms with E-state index < -0.39 is 24.0 Å². The molecule has 1 fully saturated rings. The Balaban J connectivity index is 1.79. The fourth-order valence-corrected chi connectivity index (χ4v) is 3.29. The Morgan fingerprint density at radius 1 is 1.48 bits per heavy atom. The maximum absolute atomic E-state index is 12.8. The van der Waals surface area contributed by atoms with Crippen molar-refractivity contribution in [1.82, 2.24) is 9.88 Å². The third-order valence-electron chi connectivity index (χ3n) is 4.00. The molecule has 1 amide bonds. The smallest absolute Gasteiger partial charge is 0.326 e. The zero-order chi connectivity index (χ0) is 17.8. The van der Waals surface area contributed by atoms with Gasteiger partial charge in [-0.25, -0.2) is 4.79 Å². The lowest BCUT2D eigenvalue weighted by atomic mass is 10.2. The molecule has 0 aliphatic carbocycles. The van der Waals surface area contributed by atoms with Gasteiger partial charge >= 0.3 is 5.97 Å². The van der Waals surface area contributed by atoms with E-state index in [1.165, 1.54) is 4.90 Å². The number of para-hydroxylation sites is 2. The molecule has 3 rings (SSSR count). The number of fused-ring (bicyclic) bond motifs is 1. The van der Waals surface area contributed by atoms with Crippen LogP contribution in [0.5, 0.6) is 0 Å². The summed E-state index contributed by atoms with van der Waals surface area (Å²) in [5, 5.41) is 12.1. The van der Waals surface area contributed by atoms with Gasteiger partial charge in [0.1, 0.15) is 17.6 Å². The molecule has 2 aromatic rings. The van der Waals surface area contributed by atoms with Gasteiger partial charge in [-0.1, -0.05) is 12.1 Å². The molecule has 10 heteroatoms. The summed E-state index contributed by atoms with van der Waals surface area (Å²) in [6.07, 6.45) is 1.03. The molecule has 132 valence electrons. The van der Waals surface area contributed by atoms with Crippen LogP contribution < -0.4 is 5.32 Å². The number of aliphatic carboxylic acids is 1. The number of hydrogen-bond acceptors (Lipinski definition) is 8. The van der Waals surface area contributed by atoms with E-state index in [2.05, 4.69) is 14.9 Å². The average Bonchev–Trinajstić information content (AvgIpc) is 3.24. The molecular weight excluding hydrogens is 348 g/mol. The SMILES string of the molecule is O=NSC[C@@H](Nc1nc2ccccc2o1)C(=O)N1CCCC1C(=O)O. The number of carboxylic acids is 1. The van der Waals surface area contributed by atoms with Crippen LogP contribution in [0.3, 0.4) is 0 Å². The molecule has 2 heterocycles. The predicted molar refractivity (Wildman–Crippen MR) is 92.0 cm³/mol. The molecule has 2 N–H and O–H groups in total. The number of oxazole rings is 1. The van der Waals surface area contributed by atoms with Gasteiger partial charge in [-0.3, -0.25) is 4.79 Å².